The van der Waals surface area contributed by atoms with Crippen LogP contribution >= 0.6 is 0 Å². The van der Waals surface area contributed by atoms with Crippen LogP contribution in [0.4, 0.5) is 0 Å². The number of carbonyl (C=O) groups is 1. The van der Waals surface area contributed by atoms with E-state index in [1.165, 1.54) is 6.92 Å². The first-order valence-electron chi connectivity index (χ1n) is 6.21. The topological polar surface area (TPSA) is 123 Å². The molecule has 9 nitrogen and oxygen atoms in total. The highest BCUT2D eigenvalue weighted by atomic mass is 16.8. The fraction of sp³-hybridized carbons (Fsp3) is 0.909. The van der Waals surface area contributed by atoms with Crippen LogP contribution in [0.15, 0.2) is 5.11 Å². The Balaban J connectivity index is 2.18. The Bertz CT molecular complexity index is 436. The Morgan fingerprint density at radius 2 is 2.10 bits per heavy atom. The van der Waals surface area contributed by atoms with Crippen molar-refractivity contribution in [3.63, 3.8) is 0 Å². The molecule has 2 heterocycles. The van der Waals surface area contributed by atoms with Gasteiger partial charge in [-0.15, -0.1) is 0 Å². The summed E-state index contributed by atoms with van der Waals surface area (Å²) in [4.78, 5) is 13.6. The molecule has 0 aromatic rings. The summed E-state index contributed by atoms with van der Waals surface area (Å²) in [6.45, 7) is 4.60. The Labute approximate surface area is 115 Å². The van der Waals surface area contributed by atoms with Gasteiger partial charge in [-0.3, -0.25) is 4.79 Å². The Morgan fingerprint density at radius 3 is 2.70 bits per heavy atom. The molecule has 0 radical (unpaired) electrons. The highest BCUT2D eigenvalue weighted by molar-refractivity contribution is 5.65. The lowest BCUT2D eigenvalue weighted by Gasteiger charge is -2.37. The Hall–Kier alpha value is -1.38. The van der Waals surface area contributed by atoms with Crippen LogP contribution < -0.4 is 0 Å². The minimum atomic E-state index is -1.34. The van der Waals surface area contributed by atoms with Crippen LogP contribution in [0, 0.1) is 0 Å². The molecule has 2 aliphatic rings. The van der Waals surface area contributed by atoms with Gasteiger partial charge in [-0.25, -0.2) is 0 Å². The smallest absolute Gasteiger partial charge is 0.302 e. The summed E-state index contributed by atoms with van der Waals surface area (Å²) in [7, 11) is 0. The van der Waals surface area contributed by atoms with Gasteiger partial charge in [-0.1, -0.05) is 5.11 Å². The van der Waals surface area contributed by atoms with Crippen LogP contribution in [0.3, 0.4) is 0 Å². The molecule has 2 saturated heterocycles. The van der Waals surface area contributed by atoms with Gasteiger partial charge in [0.1, 0.15) is 31.0 Å². The number of aliphatic hydroxyl groups excluding tert-OH is 1. The second-order valence-electron chi connectivity index (χ2n) is 5.13. The van der Waals surface area contributed by atoms with Gasteiger partial charge in [0.05, 0.1) is 0 Å². The standard InChI is InChI=1S/C11H17N3O6/c1-5(15)17-4-6-8-9(20-11(2,3)19-8)7(13-14-12)10(16)18-6/h6-10,16H,4H2,1-3H3/t6-,7-,8+,9-,10+/m1/s1. The van der Waals surface area contributed by atoms with Crippen molar-refractivity contribution in [3.8, 4) is 0 Å². The number of ether oxygens (including phenoxy) is 4. The molecular formula is C11H17N3O6. The molecule has 2 fully saturated rings. The first kappa shape index (κ1) is 15.0. The Morgan fingerprint density at radius 1 is 1.45 bits per heavy atom. The van der Waals surface area contributed by atoms with Crippen molar-refractivity contribution in [2.75, 3.05) is 6.61 Å². The summed E-state index contributed by atoms with van der Waals surface area (Å²) in [6, 6.07) is -0.916. The van der Waals surface area contributed by atoms with Gasteiger partial charge >= 0.3 is 5.97 Å². The average molecular weight is 287 g/mol. The predicted molar refractivity (Wildman–Crippen MR) is 64.3 cm³/mol. The third kappa shape index (κ3) is 3.02. The van der Waals surface area contributed by atoms with Gasteiger partial charge in [0.2, 0.25) is 0 Å². The van der Waals surface area contributed by atoms with Crippen molar-refractivity contribution in [1.29, 1.82) is 0 Å². The number of hydrogen-bond acceptors (Lipinski definition) is 7. The first-order chi connectivity index (χ1) is 9.34. The van der Waals surface area contributed by atoms with Crippen LogP contribution in [0.25, 0.3) is 10.4 Å². The molecule has 112 valence electrons. The normalized spacial score (nSPS) is 38.7. The van der Waals surface area contributed by atoms with E-state index in [2.05, 4.69) is 10.0 Å². The Kier molecular flexibility index (Phi) is 4.17. The molecule has 9 heteroatoms. The van der Waals surface area contributed by atoms with Gasteiger partial charge in [0, 0.05) is 11.8 Å². The molecular weight excluding hydrogens is 270 g/mol. The van der Waals surface area contributed by atoms with Crippen molar-refractivity contribution in [3.05, 3.63) is 10.4 Å². The van der Waals surface area contributed by atoms with Crippen LogP contribution in [0.1, 0.15) is 20.8 Å². The lowest BCUT2D eigenvalue weighted by Crippen LogP contribution is -2.56. The number of azide groups is 1. The second-order valence-corrected chi connectivity index (χ2v) is 5.13. The highest BCUT2D eigenvalue weighted by Crippen LogP contribution is 2.38. The van der Waals surface area contributed by atoms with Gasteiger partial charge in [0.25, 0.3) is 0 Å². The van der Waals surface area contributed by atoms with E-state index in [1.807, 2.05) is 0 Å². The lowest BCUT2D eigenvalue weighted by molar-refractivity contribution is -0.229. The number of rotatable bonds is 3. The van der Waals surface area contributed by atoms with Crippen molar-refractivity contribution < 1.29 is 28.8 Å². The van der Waals surface area contributed by atoms with Crippen LogP contribution in [0.2, 0.25) is 0 Å². The van der Waals surface area contributed by atoms with E-state index in [1.54, 1.807) is 13.8 Å². The predicted octanol–water partition coefficient (Wildman–Crippen LogP) is 0.466. The molecule has 0 unspecified atom stereocenters. The number of nitrogens with zero attached hydrogens (tertiary/aromatic N) is 3. The molecule has 0 spiro atoms. The first-order valence-corrected chi connectivity index (χ1v) is 6.21. The number of carbonyl (C=O) groups excluding carboxylic acids is 1. The number of hydrogen-bond donors (Lipinski definition) is 1. The summed E-state index contributed by atoms with van der Waals surface area (Å²) in [5.41, 5.74) is 8.55. The average Bonchev–Trinajstić information content (AvgIpc) is 2.66. The van der Waals surface area contributed by atoms with E-state index in [4.69, 9.17) is 24.5 Å². The fourth-order valence-electron chi connectivity index (χ4n) is 2.38. The van der Waals surface area contributed by atoms with E-state index in [-0.39, 0.29) is 6.61 Å². The molecule has 0 aromatic carbocycles. The fourth-order valence-corrected chi connectivity index (χ4v) is 2.38. The summed E-state index contributed by atoms with van der Waals surface area (Å²) in [6.07, 6.45) is -3.29. The maximum Gasteiger partial charge on any atom is 0.302 e. The van der Waals surface area contributed by atoms with E-state index >= 15 is 0 Å². The van der Waals surface area contributed by atoms with Crippen molar-refractivity contribution in [1.82, 2.24) is 0 Å². The van der Waals surface area contributed by atoms with E-state index in [9.17, 15) is 9.90 Å². The zero-order valence-corrected chi connectivity index (χ0v) is 11.4. The zero-order valence-electron chi connectivity index (χ0n) is 11.4. The summed E-state index contributed by atoms with van der Waals surface area (Å²) in [5.74, 6) is -1.37. The van der Waals surface area contributed by atoms with Crippen molar-refractivity contribution in [2.24, 2.45) is 5.11 Å². The van der Waals surface area contributed by atoms with Gasteiger partial charge in [0.15, 0.2) is 12.1 Å². The molecule has 0 saturated carbocycles. The summed E-state index contributed by atoms with van der Waals surface area (Å²) in [5, 5.41) is 13.4. The van der Waals surface area contributed by atoms with Crippen LogP contribution in [-0.2, 0) is 23.7 Å². The molecule has 2 rings (SSSR count). The van der Waals surface area contributed by atoms with Crippen LogP contribution in [0.5, 0.6) is 0 Å². The van der Waals surface area contributed by atoms with Crippen LogP contribution in [-0.4, -0.2) is 54.1 Å². The zero-order chi connectivity index (χ0) is 14.9. The third-order valence-corrected chi connectivity index (χ3v) is 3.11. The minimum Gasteiger partial charge on any atom is -0.463 e. The van der Waals surface area contributed by atoms with Gasteiger partial charge < -0.3 is 24.1 Å². The molecule has 2 aliphatic heterocycles. The van der Waals surface area contributed by atoms with E-state index in [0.717, 1.165) is 0 Å². The molecule has 0 bridgehead atoms. The summed E-state index contributed by atoms with van der Waals surface area (Å²) < 4.78 is 21.6. The van der Waals surface area contributed by atoms with E-state index in [0.29, 0.717) is 0 Å². The molecule has 0 aromatic heterocycles. The molecule has 5 atom stereocenters. The number of fused-ring (bicyclic) bond motifs is 1. The second kappa shape index (κ2) is 5.55. The molecule has 0 amide bonds. The molecule has 0 aliphatic carbocycles. The molecule has 20 heavy (non-hydrogen) atoms. The van der Waals surface area contributed by atoms with Crippen molar-refractivity contribution in [2.45, 2.75) is 57.2 Å². The lowest BCUT2D eigenvalue weighted by atomic mass is 9.98. The number of aliphatic hydroxyl groups is 1. The van der Waals surface area contributed by atoms with Crippen molar-refractivity contribution >= 4 is 5.97 Å². The number of esters is 1. The maximum atomic E-state index is 10.9. The SMILES string of the molecule is CC(=O)OC[C@H]1O[C@H](O)[C@H](N=[N+]=[N-])[C@H]2OC(C)(C)O[C@H]21. The maximum absolute atomic E-state index is 10.9. The molecule has 1 N–H and O–H groups in total. The quantitative estimate of drug-likeness (QED) is 0.348. The minimum absolute atomic E-state index is 0.0734. The monoisotopic (exact) mass is 287 g/mol. The largest absolute Gasteiger partial charge is 0.463 e. The third-order valence-electron chi connectivity index (χ3n) is 3.11. The van der Waals surface area contributed by atoms with Gasteiger partial charge in [-0.05, 0) is 19.4 Å². The van der Waals surface area contributed by atoms with E-state index < -0.39 is 42.4 Å². The highest BCUT2D eigenvalue weighted by Gasteiger charge is 2.54. The summed E-state index contributed by atoms with van der Waals surface area (Å²) >= 11 is 0. The van der Waals surface area contributed by atoms with Gasteiger partial charge in [-0.2, -0.15) is 0 Å².